The van der Waals surface area contributed by atoms with Crippen molar-refractivity contribution in [3.05, 3.63) is 53.6 Å². The minimum Gasteiger partial charge on any atom is -0.490 e. The summed E-state index contributed by atoms with van der Waals surface area (Å²) in [6.45, 7) is 7.31. The van der Waals surface area contributed by atoms with Gasteiger partial charge in [-0.25, -0.2) is 4.79 Å². The standard InChI is InChI=1S/C32H40N2O4/c1-21(2)33(3)17-22-16-32(38-18-22)19-34-27-15-24(31(35)36)13-14-25(27)29(23-9-5-4-6-10-23)30(34)26-11-7-8-12-28(26)37-20-32/h7-8,11-15,21-23H,4-6,9-10,16-20H2,1-3H3,(H,35,36)/t22-,32+/m1/s1. The Labute approximate surface area is 225 Å². The molecule has 3 heterocycles. The van der Waals surface area contributed by atoms with Crippen molar-refractivity contribution in [1.82, 2.24) is 9.47 Å². The average molecular weight is 517 g/mol. The Balaban J connectivity index is 1.53. The monoisotopic (exact) mass is 516 g/mol. The van der Waals surface area contributed by atoms with Gasteiger partial charge >= 0.3 is 5.97 Å². The Hall–Kier alpha value is -2.83. The van der Waals surface area contributed by atoms with Gasteiger partial charge in [0, 0.05) is 29.1 Å². The van der Waals surface area contributed by atoms with E-state index in [2.05, 4.69) is 48.6 Å². The van der Waals surface area contributed by atoms with Crippen molar-refractivity contribution >= 4 is 16.9 Å². The lowest BCUT2D eigenvalue weighted by atomic mass is 9.81. The molecule has 1 spiro atoms. The number of benzene rings is 2. The molecule has 3 aliphatic rings. The van der Waals surface area contributed by atoms with Gasteiger partial charge in [-0.15, -0.1) is 0 Å². The SMILES string of the molecule is CC(C)N(C)C[C@@H]1CO[C@@]2(COc3ccccc3-c3c(C4CCCCC4)c4ccc(C(=O)O)cc4n3C2)C1. The number of rotatable bonds is 5. The summed E-state index contributed by atoms with van der Waals surface area (Å²) in [5, 5.41) is 11.1. The Morgan fingerprint density at radius 2 is 1.95 bits per heavy atom. The van der Waals surface area contributed by atoms with Crippen LogP contribution in [0, 0.1) is 5.92 Å². The zero-order chi connectivity index (χ0) is 26.4. The lowest BCUT2D eigenvalue weighted by molar-refractivity contribution is -0.0430. The number of aromatic nitrogens is 1. The summed E-state index contributed by atoms with van der Waals surface area (Å²) < 4.78 is 15.6. The number of carboxylic acids is 1. The minimum absolute atomic E-state index is 0.331. The Morgan fingerprint density at radius 1 is 1.16 bits per heavy atom. The molecule has 0 bridgehead atoms. The van der Waals surface area contributed by atoms with Gasteiger partial charge in [0.25, 0.3) is 0 Å². The van der Waals surface area contributed by atoms with E-state index in [-0.39, 0.29) is 0 Å². The molecule has 6 rings (SSSR count). The maximum absolute atomic E-state index is 12.0. The van der Waals surface area contributed by atoms with E-state index in [0.29, 0.717) is 43.2 Å². The van der Waals surface area contributed by atoms with Crippen LogP contribution in [0.3, 0.4) is 0 Å². The summed E-state index contributed by atoms with van der Waals surface area (Å²) in [4.78, 5) is 14.4. The molecule has 2 fully saturated rings. The molecule has 2 aromatic carbocycles. The lowest BCUT2D eigenvalue weighted by Gasteiger charge is -2.34. The summed E-state index contributed by atoms with van der Waals surface area (Å²) in [6.07, 6.45) is 7.02. The molecule has 2 aliphatic heterocycles. The molecule has 0 unspecified atom stereocenters. The first-order valence-electron chi connectivity index (χ1n) is 14.3. The van der Waals surface area contributed by atoms with Gasteiger partial charge in [0.2, 0.25) is 0 Å². The third-order valence-electron chi connectivity index (χ3n) is 9.16. The number of hydrogen-bond acceptors (Lipinski definition) is 4. The maximum atomic E-state index is 12.0. The van der Waals surface area contributed by atoms with Crippen LogP contribution in [0.25, 0.3) is 22.2 Å². The zero-order valence-electron chi connectivity index (χ0n) is 22.9. The minimum atomic E-state index is -0.889. The highest BCUT2D eigenvalue weighted by Gasteiger charge is 2.44. The van der Waals surface area contributed by atoms with Crippen molar-refractivity contribution in [2.45, 2.75) is 76.5 Å². The number of carbonyl (C=O) groups is 1. The molecule has 1 saturated carbocycles. The van der Waals surface area contributed by atoms with Gasteiger partial charge in [0.1, 0.15) is 18.0 Å². The molecule has 1 saturated heterocycles. The first kappa shape index (κ1) is 25.4. The molecule has 3 aromatic rings. The van der Waals surface area contributed by atoms with Crippen LogP contribution in [0.5, 0.6) is 5.75 Å². The van der Waals surface area contributed by atoms with Gasteiger partial charge in [-0.05, 0) is 81.8 Å². The second kappa shape index (κ2) is 10.0. The smallest absolute Gasteiger partial charge is 0.335 e. The molecule has 1 aromatic heterocycles. The molecule has 0 amide bonds. The number of aromatic carboxylic acids is 1. The van der Waals surface area contributed by atoms with Crippen LogP contribution in [0.15, 0.2) is 42.5 Å². The third-order valence-corrected chi connectivity index (χ3v) is 9.16. The number of para-hydroxylation sites is 1. The molecule has 2 atom stereocenters. The van der Waals surface area contributed by atoms with Crippen LogP contribution in [0.1, 0.15) is 74.2 Å². The van der Waals surface area contributed by atoms with E-state index < -0.39 is 11.6 Å². The van der Waals surface area contributed by atoms with Gasteiger partial charge < -0.3 is 24.0 Å². The quantitative estimate of drug-likeness (QED) is 0.416. The largest absolute Gasteiger partial charge is 0.490 e. The second-order valence-electron chi connectivity index (χ2n) is 12.1. The molecule has 38 heavy (non-hydrogen) atoms. The van der Waals surface area contributed by atoms with Crippen molar-refractivity contribution in [2.75, 3.05) is 26.8 Å². The normalized spacial score (nSPS) is 23.9. The molecular weight excluding hydrogens is 476 g/mol. The highest BCUT2D eigenvalue weighted by Crippen LogP contribution is 2.48. The van der Waals surface area contributed by atoms with Crippen molar-refractivity contribution in [3.8, 4) is 17.0 Å². The first-order chi connectivity index (χ1) is 18.3. The van der Waals surface area contributed by atoms with Crippen LogP contribution in [0.2, 0.25) is 0 Å². The van der Waals surface area contributed by atoms with Gasteiger partial charge in [0.15, 0.2) is 0 Å². The summed E-state index contributed by atoms with van der Waals surface area (Å²) in [5.74, 6) is 0.884. The Morgan fingerprint density at radius 3 is 2.71 bits per heavy atom. The van der Waals surface area contributed by atoms with Crippen molar-refractivity contribution in [1.29, 1.82) is 0 Å². The van der Waals surface area contributed by atoms with E-state index in [1.807, 2.05) is 18.2 Å². The van der Waals surface area contributed by atoms with E-state index in [1.54, 1.807) is 6.07 Å². The fourth-order valence-electron chi connectivity index (χ4n) is 6.98. The predicted molar refractivity (Wildman–Crippen MR) is 150 cm³/mol. The van der Waals surface area contributed by atoms with E-state index in [4.69, 9.17) is 9.47 Å². The summed E-state index contributed by atoms with van der Waals surface area (Å²) in [6, 6.07) is 14.5. The Bertz CT molecular complexity index is 1340. The van der Waals surface area contributed by atoms with Crippen molar-refractivity contribution in [2.24, 2.45) is 5.92 Å². The van der Waals surface area contributed by atoms with Gasteiger partial charge in [-0.2, -0.15) is 0 Å². The van der Waals surface area contributed by atoms with Gasteiger partial charge in [-0.1, -0.05) is 37.5 Å². The van der Waals surface area contributed by atoms with Gasteiger partial charge in [-0.3, -0.25) is 0 Å². The van der Waals surface area contributed by atoms with Crippen LogP contribution in [0.4, 0.5) is 0 Å². The highest BCUT2D eigenvalue weighted by molar-refractivity contribution is 5.98. The van der Waals surface area contributed by atoms with E-state index in [9.17, 15) is 9.90 Å². The molecule has 6 heteroatoms. The highest BCUT2D eigenvalue weighted by atomic mass is 16.5. The topological polar surface area (TPSA) is 63.9 Å². The van der Waals surface area contributed by atoms with Crippen LogP contribution in [-0.2, 0) is 11.3 Å². The number of ether oxygens (including phenoxy) is 2. The predicted octanol–water partition coefficient (Wildman–Crippen LogP) is 6.56. The number of fused-ring (bicyclic) bond motifs is 5. The zero-order valence-corrected chi connectivity index (χ0v) is 22.9. The van der Waals surface area contributed by atoms with E-state index >= 15 is 0 Å². The van der Waals surface area contributed by atoms with Crippen molar-refractivity contribution in [3.63, 3.8) is 0 Å². The molecule has 0 radical (unpaired) electrons. The lowest BCUT2D eigenvalue weighted by Crippen LogP contribution is -2.41. The number of carboxylic acid groups (broad SMARTS) is 1. The fourth-order valence-corrected chi connectivity index (χ4v) is 6.98. The summed E-state index contributed by atoms with van der Waals surface area (Å²) in [5.41, 5.74) is 4.53. The van der Waals surface area contributed by atoms with E-state index in [1.165, 1.54) is 48.7 Å². The van der Waals surface area contributed by atoms with Crippen molar-refractivity contribution < 1.29 is 19.4 Å². The molecule has 202 valence electrons. The summed E-state index contributed by atoms with van der Waals surface area (Å²) >= 11 is 0. The van der Waals surface area contributed by atoms with Crippen LogP contribution >= 0.6 is 0 Å². The first-order valence-corrected chi connectivity index (χ1v) is 14.3. The fraction of sp³-hybridized carbons (Fsp3) is 0.531. The van der Waals surface area contributed by atoms with E-state index in [0.717, 1.165) is 29.8 Å². The number of hydrogen-bond donors (Lipinski definition) is 1. The van der Waals surface area contributed by atoms with Gasteiger partial charge in [0.05, 0.1) is 24.4 Å². The molecule has 1 aliphatic carbocycles. The number of nitrogens with zero attached hydrogens (tertiary/aromatic N) is 2. The van der Waals surface area contributed by atoms with Crippen LogP contribution in [-0.4, -0.2) is 59.0 Å². The summed E-state index contributed by atoms with van der Waals surface area (Å²) in [7, 11) is 2.18. The third kappa shape index (κ3) is 4.52. The van der Waals surface area contributed by atoms with Crippen LogP contribution < -0.4 is 4.74 Å². The molecular formula is C32H40N2O4. The maximum Gasteiger partial charge on any atom is 0.335 e. The molecule has 1 N–H and O–H groups in total. The Kier molecular flexibility index (Phi) is 6.73. The molecule has 6 nitrogen and oxygen atoms in total. The second-order valence-corrected chi connectivity index (χ2v) is 12.1. The average Bonchev–Trinajstić information content (AvgIpc) is 3.45.